The molecular weight excluding hydrogens is 499 g/mol. The molecule has 2 saturated heterocycles. The van der Waals surface area contributed by atoms with Crippen molar-refractivity contribution >= 4 is 52.1 Å². The monoisotopic (exact) mass is 520 g/mol. The van der Waals surface area contributed by atoms with Crippen LogP contribution in [0.4, 0.5) is 0 Å². The molecule has 10 heteroatoms. The van der Waals surface area contributed by atoms with Gasteiger partial charge in [-0.05, 0) is 19.1 Å². The lowest BCUT2D eigenvalue weighted by molar-refractivity contribution is -0.170. The normalized spacial score (nSPS) is 28.3. The Labute approximate surface area is 180 Å². The zero-order chi connectivity index (χ0) is 20.3. The highest BCUT2D eigenvalue weighted by Gasteiger charge is 2.65. The number of nitrogens with zero attached hydrogens (tertiary/aromatic N) is 1. The zero-order valence-corrected chi connectivity index (χ0v) is 18.4. The fourth-order valence-corrected chi connectivity index (χ4v) is 5.77. The number of para-hydroxylation sites is 1. The second-order valence-corrected chi connectivity index (χ2v) is 9.03. The van der Waals surface area contributed by atoms with Gasteiger partial charge in [0.1, 0.15) is 23.2 Å². The lowest BCUT2D eigenvalue weighted by Gasteiger charge is -2.43. The minimum Gasteiger partial charge on any atom is -0.484 e. The maximum atomic E-state index is 12.7. The van der Waals surface area contributed by atoms with E-state index in [2.05, 4.69) is 27.9 Å². The maximum absolute atomic E-state index is 12.7. The molecule has 4 atom stereocenters. The minimum absolute atomic E-state index is 0.166. The number of carbonyl (C=O) groups is 3. The van der Waals surface area contributed by atoms with Crippen LogP contribution in [0.3, 0.4) is 0 Å². The van der Waals surface area contributed by atoms with Crippen LogP contribution in [0.1, 0.15) is 6.92 Å². The average Bonchev–Trinajstić information content (AvgIpc) is 3.00. The van der Waals surface area contributed by atoms with Gasteiger partial charge >= 0.3 is 5.97 Å². The predicted molar refractivity (Wildman–Crippen MR) is 111 cm³/mol. The van der Waals surface area contributed by atoms with Gasteiger partial charge in [-0.1, -0.05) is 40.8 Å². The first kappa shape index (κ1) is 21.2. The maximum Gasteiger partial charge on any atom is 0.332 e. The van der Waals surface area contributed by atoms with Crippen LogP contribution >= 0.6 is 34.4 Å². The quantitative estimate of drug-likeness (QED) is 0.181. The summed E-state index contributed by atoms with van der Waals surface area (Å²) in [5.74, 6) is -0.600. The van der Waals surface area contributed by atoms with Crippen molar-refractivity contribution in [3.63, 3.8) is 0 Å². The van der Waals surface area contributed by atoms with E-state index in [4.69, 9.17) is 14.2 Å². The summed E-state index contributed by atoms with van der Waals surface area (Å²) in [6, 6.07) is 7.57. The summed E-state index contributed by atoms with van der Waals surface area (Å²) in [5, 5.41) is 2.41. The molecule has 0 aromatic heterocycles. The molecule has 1 aromatic carbocycles. The number of hydrogen-bond donors (Lipinski definition) is 1. The Kier molecular flexibility index (Phi) is 6.71. The largest absolute Gasteiger partial charge is 0.484 e. The molecule has 2 aliphatic heterocycles. The van der Waals surface area contributed by atoms with E-state index in [9.17, 15) is 14.4 Å². The van der Waals surface area contributed by atoms with Crippen LogP contribution in [0.5, 0.6) is 5.75 Å². The van der Waals surface area contributed by atoms with Gasteiger partial charge in [-0.2, -0.15) is 0 Å². The number of hydrogen-bond acceptors (Lipinski definition) is 7. The Balaban J connectivity index is 1.61. The molecule has 0 spiro atoms. The number of alkyl halides is 1. The van der Waals surface area contributed by atoms with Crippen LogP contribution in [0, 0.1) is 0 Å². The summed E-state index contributed by atoms with van der Waals surface area (Å²) in [6.07, 6.45) is 0. The molecule has 2 fully saturated rings. The summed E-state index contributed by atoms with van der Waals surface area (Å²) in [4.78, 5) is 38.9. The standard InChI is InChI=1S/C18H21IN2O6S/c1-18(9-19)14(17(24)27-10-25-2)21-15(23)13(16(21)28-18)20-12(22)8-26-11-6-4-3-5-7-11/h3-7,13-14,16H,8-10H2,1-2H3,(H,20,22)/t13?,14?,16-,18?/m0/s1. The van der Waals surface area contributed by atoms with E-state index >= 15 is 0 Å². The molecule has 8 nitrogen and oxygen atoms in total. The first-order chi connectivity index (χ1) is 13.4. The van der Waals surface area contributed by atoms with Crippen LogP contribution in [0.25, 0.3) is 0 Å². The van der Waals surface area contributed by atoms with Crippen molar-refractivity contribution in [3.05, 3.63) is 30.3 Å². The van der Waals surface area contributed by atoms with Gasteiger partial charge in [0.25, 0.3) is 5.91 Å². The van der Waals surface area contributed by atoms with Gasteiger partial charge in [-0.3, -0.25) is 9.59 Å². The summed E-state index contributed by atoms with van der Waals surface area (Å²) >= 11 is 3.70. The van der Waals surface area contributed by atoms with Gasteiger partial charge in [-0.25, -0.2) is 4.79 Å². The molecular formula is C18H21IN2O6S. The summed E-state index contributed by atoms with van der Waals surface area (Å²) in [7, 11) is 1.43. The third-order valence-corrected chi connectivity index (χ3v) is 8.31. The number of esters is 1. The number of benzene rings is 1. The van der Waals surface area contributed by atoms with Crippen molar-refractivity contribution < 1.29 is 28.6 Å². The number of fused-ring (bicyclic) bond motifs is 1. The molecule has 3 unspecified atom stereocenters. The number of amides is 2. The Hall–Kier alpha value is -1.53. The highest BCUT2D eigenvalue weighted by molar-refractivity contribution is 14.1. The number of β-lactam (4-membered cyclic amide) rings is 1. The van der Waals surface area contributed by atoms with Gasteiger partial charge in [0, 0.05) is 11.5 Å². The van der Waals surface area contributed by atoms with E-state index in [-0.39, 0.29) is 30.6 Å². The molecule has 0 aliphatic carbocycles. The molecule has 2 heterocycles. The predicted octanol–water partition coefficient (Wildman–Crippen LogP) is 1.17. The smallest absolute Gasteiger partial charge is 0.332 e. The van der Waals surface area contributed by atoms with Crippen LogP contribution < -0.4 is 10.1 Å². The molecule has 28 heavy (non-hydrogen) atoms. The lowest BCUT2D eigenvalue weighted by Crippen LogP contribution is -2.71. The van der Waals surface area contributed by atoms with Crippen LogP contribution in [-0.2, 0) is 23.9 Å². The van der Waals surface area contributed by atoms with E-state index < -0.39 is 22.8 Å². The molecule has 152 valence electrons. The Morgan fingerprint density at radius 3 is 2.68 bits per heavy atom. The number of nitrogens with one attached hydrogen (secondary N) is 1. The second-order valence-electron chi connectivity index (χ2n) is 6.62. The number of halogens is 1. The van der Waals surface area contributed by atoms with Crippen molar-refractivity contribution in [2.75, 3.05) is 24.9 Å². The van der Waals surface area contributed by atoms with Crippen molar-refractivity contribution in [2.24, 2.45) is 0 Å². The summed E-state index contributed by atoms with van der Waals surface area (Å²) in [6.45, 7) is 1.57. The fraction of sp³-hybridized carbons (Fsp3) is 0.500. The van der Waals surface area contributed by atoms with Crippen LogP contribution in [0.2, 0.25) is 0 Å². The third kappa shape index (κ3) is 4.08. The van der Waals surface area contributed by atoms with Crippen LogP contribution in [0.15, 0.2) is 30.3 Å². The number of thioether (sulfide) groups is 1. The molecule has 1 aromatic rings. The van der Waals surface area contributed by atoms with Crippen molar-refractivity contribution in [2.45, 2.75) is 29.1 Å². The van der Waals surface area contributed by atoms with Gasteiger partial charge in [-0.15, -0.1) is 11.8 Å². The molecule has 2 amide bonds. The second kappa shape index (κ2) is 8.87. The zero-order valence-electron chi connectivity index (χ0n) is 15.4. The topological polar surface area (TPSA) is 94.2 Å². The van der Waals surface area contributed by atoms with E-state index in [0.717, 1.165) is 0 Å². The average molecular weight is 520 g/mol. The molecule has 3 rings (SSSR count). The summed E-state index contributed by atoms with van der Waals surface area (Å²) in [5.41, 5.74) is 0. The summed E-state index contributed by atoms with van der Waals surface area (Å²) < 4.78 is 15.4. The fourth-order valence-electron chi connectivity index (χ4n) is 3.20. The molecule has 2 aliphatic rings. The number of ether oxygens (including phenoxy) is 3. The van der Waals surface area contributed by atoms with Crippen molar-refractivity contribution in [1.29, 1.82) is 0 Å². The van der Waals surface area contributed by atoms with E-state index in [0.29, 0.717) is 10.2 Å². The lowest BCUT2D eigenvalue weighted by atomic mass is 9.96. The van der Waals surface area contributed by atoms with E-state index in [1.165, 1.54) is 23.8 Å². The highest BCUT2D eigenvalue weighted by Crippen LogP contribution is 2.52. The van der Waals surface area contributed by atoms with Gasteiger partial charge in [0.05, 0.1) is 4.75 Å². The molecule has 0 bridgehead atoms. The van der Waals surface area contributed by atoms with Gasteiger partial charge in [0.2, 0.25) is 5.91 Å². The Morgan fingerprint density at radius 2 is 2.04 bits per heavy atom. The Morgan fingerprint density at radius 1 is 1.32 bits per heavy atom. The molecule has 0 radical (unpaired) electrons. The van der Waals surface area contributed by atoms with Crippen molar-refractivity contribution in [1.82, 2.24) is 10.2 Å². The van der Waals surface area contributed by atoms with E-state index in [1.807, 2.05) is 25.1 Å². The van der Waals surface area contributed by atoms with Crippen molar-refractivity contribution in [3.8, 4) is 5.75 Å². The molecule has 1 N–H and O–H groups in total. The number of methoxy groups -OCH3 is 1. The highest BCUT2D eigenvalue weighted by atomic mass is 127. The first-order valence-corrected chi connectivity index (χ1v) is 11.0. The van der Waals surface area contributed by atoms with Crippen LogP contribution in [-0.4, -0.2) is 69.8 Å². The molecule has 0 saturated carbocycles. The minimum atomic E-state index is -0.712. The Bertz CT molecular complexity index is 751. The SMILES string of the molecule is COCOC(=O)C1N2C(=O)C(NC(=O)COc3ccccc3)[C@@H]2SC1(C)CI. The number of carbonyl (C=O) groups excluding carboxylic acids is 3. The van der Waals surface area contributed by atoms with Gasteiger partial charge < -0.3 is 24.4 Å². The van der Waals surface area contributed by atoms with Gasteiger partial charge in [0.15, 0.2) is 13.4 Å². The van der Waals surface area contributed by atoms with E-state index in [1.54, 1.807) is 12.1 Å². The first-order valence-electron chi connectivity index (χ1n) is 8.60. The number of rotatable bonds is 8. The third-order valence-electron chi connectivity index (χ3n) is 4.56.